The first-order valence-corrected chi connectivity index (χ1v) is 8.55. The van der Waals surface area contributed by atoms with Gasteiger partial charge in [0.05, 0.1) is 16.6 Å². The molecule has 0 radical (unpaired) electrons. The second kappa shape index (κ2) is 5.95. The van der Waals surface area contributed by atoms with Gasteiger partial charge in [0.25, 0.3) is 5.91 Å². The molecule has 2 aromatic rings. The molecule has 0 bridgehead atoms. The first-order chi connectivity index (χ1) is 10.9. The van der Waals surface area contributed by atoms with Gasteiger partial charge in [-0.3, -0.25) is 9.48 Å². The zero-order valence-electron chi connectivity index (χ0n) is 14.8. The van der Waals surface area contributed by atoms with E-state index in [-0.39, 0.29) is 11.8 Å². The smallest absolute Gasteiger partial charge is 0.254 e. The minimum Gasteiger partial charge on any atom is -0.336 e. The van der Waals surface area contributed by atoms with Gasteiger partial charge in [-0.2, -0.15) is 5.10 Å². The molecule has 1 aliphatic rings. The summed E-state index contributed by atoms with van der Waals surface area (Å²) in [6, 6.07) is 2.28. The summed E-state index contributed by atoms with van der Waals surface area (Å²) in [6.07, 6.45) is 3.39. The molecule has 0 saturated carbocycles. The average Bonchev–Trinajstić information content (AvgIpc) is 2.81. The fraction of sp³-hybridized carbons (Fsp3) is 0.611. The van der Waals surface area contributed by atoms with Gasteiger partial charge < -0.3 is 4.90 Å². The summed E-state index contributed by atoms with van der Waals surface area (Å²) in [5.41, 5.74) is 3.39. The number of rotatable bonds is 2. The standard InChI is InChI=1S/C18H26N4O/c1-11(2)15-10-14(16-13(4)20-21(5)17(16)19-15)18(23)22-9-7-6-8-12(22)3/h10-12H,6-9H2,1-5H3. The number of hydrogen-bond donors (Lipinski definition) is 0. The SMILES string of the molecule is Cc1nn(C)c2nc(C(C)C)cc(C(=O)N3CCCCC3C)c12. The van der Waals surface area contributed by atoms with E-state index in [1.54, 1.807) is 4.68 Å². The van der Waals surface area contributed by atoms with Gasteiger partial charge in [-0.25, -0.2) is 4.98 Å². The first kappa shape index (κ1) is 16.0. The number of nitrogens with zero attached hydrogens (tertiary/aromatic N) is 4. The van der Waals surface area contributed by atoms with Gasteiger partial charge in [0.1, 0.15) is 0 Å². The van der Waals surface area contributed by atoms with E-state index in [0.29, 0.717) is 6.04 Å². The third-order valence-corrected chi connectivity index (χ3v) is 4.87. The van der Waals surface area contributed by atoms with Crippen LogP contribution >= 0.6 is 0 Å². The van der Waals surface area contributed by atoms with E-state index in [1.165, 1.54) is 6.42 Å². The van der Waals surface area contributed by atoms with E-state index in [2.05, 4.69) is 25.9 Å². The zero-order valence-corrected chi connectivity index (χ0v) is 14.8. The van der Waals surface area contributed by atoms with Crippen LogP contribution in [-0.2, 0) is 7.05 Å². The van der Waals surface area contributed by atoms with Crippen molar-refractivity contribution in [1.82, 2.24) is 19.7 Å². The Bertz CT molecular complexity index is 747. The van der Waals surface area contributed by atoms with Crippen molar-refractivity contribution in [2.45, 2.75) is 58.9 Å². The summed E-state index contributed by atoms with van der Waals surface area (Å²) in [6.45, 7) is 9.16. The highest BCUT2D eigenvalue weighted by molar-refractivity contribution is 6.06. The maximum absolute atomic E-state index is 13.2. The maximum atomic E-state index is 13.2. The topological polar surface area (TPSA) is 51.0 Å². The van der Waals surface area contributed by atoms with Crippen LogP contribution in [0.25, 0.3) is 11.0 Å². The Balaban J connectivity index is 2.16. The molecule has 3 heterocycles. The summed E-state index contributed by atoms with van der Waals surface area (Å²) < 4.78 is 1.78. The number of carbonyl (C=O) groups is 1. The van der Waals surface area contributed by atoms with Crippen LogP contribution < -0.4 is 0 Å². The minimum absolute atomic E-state index is 0.127. The molecule has 1 unspecified atom stereocenters. The first-order valence-electron chi connectivity index (χ1n) is 8.55. The Hall–Kier alpha value is -1.91. The van der Waals surface area contributed by atoms with Crippen LogP contribution in [0.4, 0.5) is 0 Å². The third kappa shape index (κ3) is 2.73. The molecular formula is C18H26N4O. The number of aromatic nitrogens is 3. The molecule has 0 N–H and O–H groups in total. The molecule has 1 aliphatic heterocycles. The Morgan fingerprint density at radius 3 is 2.74 bits per heavy atom. The molecule has 0 aliphatic carbocycles. The van der Waals surface area contributed by atoms with Crippen molar-refractivity contribution >= 4 is 16.9 Å². The van der Waals surface area contributed by atoms with E-state index in [4.69, 9.17) is 4.98 Å². The molecule has 0 spiro atoms. The molecule has 5 heteroatoms. The number of pyridine rings is 1. The van der Waals surface area contributed by atoms with Crippen molar-refractivity contribution in [1.29, 1.82) is 0 Å². The molecule has 124 valence electrons. The van der Waals surface area contributed by atoms with Gasteiger partial charge in [0, 0.05) is 25.3 Å². The van der Waals surface area contributed by atoms with Crippen molar-refractivity contribution in [2.24, 2.45) is 7.05 Å². The molecule has 1 atom stereocenters. The number of carbonyl (C=O) groups excluding carboxylic acids is 1. The lowest BCUT2D eigenvalue weighted by molar-refractivity contribution is 0.0637. The lowest BCUT2D eigenvalue weighted by Gasteiger charge is -2.33. The Kier molecular flexibility index (Phi) is 4.13. The molecule has 1 saturated heterocycles. The lowest BCUT2D eigenvalue weighted by atomic mass is 9.99. The number of hydrogen-bond acceptors (Lipinski definition) is 3. The Labute approximate surface area is 137 Å². The quantitative estimate of drug-likeness (QED) is 0.853. The van der Waals surface area contributed by atoms with Gasteiger partial charge in [0.2, 0.25) is 0 Å². The van der Waals surface area contributed by atoms with Crippen LogP contribution in [0.15, 0.2) is 6.07 Å². The zero-order chi connectivity index (χ0) is 16.7. The van der Waals surface area contributed by atoms with Crippen molar-refractivity contribution < 1.29 is 4.79 Å². The summed E-state index contributed by atoms with van der Waals surface area (Å²) >= 11 is 0. The molecule has 1 amide bonds. The van der Waals surface area contributed by atoms with Crippen molar-refractivity contribution in [3.63, 3.8) is 0 Å². The highest BCUT2D eigenvalue weighted by atomic mass is 16.2. The second-order valence-corrected chi connectivity index (χ2v) is 7.00. The highest BCUT2D eigenvalue weighted by Gasteiger charge is 2.28. The molecule has 1 fully saturated rings. The molecule has 5 nitrogen and oxygen atoms in total. The van der Waals surface area contributed by atoms with Crippen LogP contribution in [0.5, 0.6) is 0 Å². The van der Waals surface area contributed by atoms with Crippen molar-refractivity contribution in [2.75, 3.05) is 6.54 Å². The Morgan fingerprint density at radius 2 is 2.09 bits per heavy atom. The number of likely N-dealkylation sites (tertiary alicyclic amines) is 1. The monoisotopic (exact) mass is 314 g/mol. The van der Waals surface area contributed by atoms with Crippen LogP contribution in [0.3, 0.4) is 0 Å². The van der Waals surface area contributed by atoms with Gasteiger partial charge in [0.15, 0.2) is 5.65 Å². The number of aryl methyl sites for hydroxylation is 2. The van der Waals surface area contributed by atoms with E-state index in [1.807, 2.05) is 24.9 Å². The van der Waals surface area contributed by atoms with E-state index in [0.717, 1.165) is 47.4 Å². The van der Waals surface area contributed by atoms with Gasteiger partial charge in [-0.05, 0) is 45.1 Å². The molecule has 23 heavy (non-hydrogen) atoms. The van der Waals surface area contributed by atoms with Crippen LogP contribution in [-0.4, -0.2) is 38.2 Å². The van der Waals surface area contributed by atoms with Crippen LogP contribution in [0.1, 0.15) is 67.7 Å². The van der Waals surface area contributed by atoms with Gasteiger partial charge in [-0.1, -0.05) is 13.8 Å². The molecule has 2 aromatic heterocycles. The fourth-order valence-electron chi connectivity index (χ4n) is 3.48. The van der Waals surface area contributed by atoms with Crippen LogP contribution in [0, 0.1) is 6.92 Å². The Morgan fingerprint density at radius 1 is 1.35 bits per heavy atom. The third-order valence-electron chi connectivity index (χ3n) is 4.87. The van der Waals surface area contributed by atoms with Crippen molar-refractivity contribution in [3.05, 3.63) is 23.0 Å². The summed E-state index contributed by atoms with van der Waals surface area (Å²) in [7, 11) is 1.89. The highest BCUT2D eigenvalue weighted by Crippen LogP contribution is 2.28. The predicted molar refractivity (Wildman–Crippen MR) is 91.7 cm³/mol. The number of piperidine rings is 1. The predicted octanol–water partition coefficient (Wildman–Crippen LogP) is 3.41. The van der Waals surface area contributed by atoms with E-state index in [9.17, 15) is 4.79 Å². The fourth-order valence-corrected chi connectivity index (χ4v) is 3.48. The summed E-state index contributed by atoms with van der Waals surface area (Å²) in [5, 5.41) is 5.38. The normalized spacial score (nSPS) is 18.9. The minimum atomic E-state index is 0.127. The second-order valence-electron chi connectivity index (χ2n) is 7.00. The number of fused-ring (bicyclic) bond motifs is 1. The molecule has 0 aromatic carbocycles. The largest absolute Gasteiger partial charge is 0.336 e. The molecular weight excluding hydrogens is 288 g/mol. The van der Waals surface area contributed by atoms with Crippen LogP contribution in [0.2, 0.25) is 0 Å². The summed E-state index contributed by atoms with van der Waals surface area (Å²) in [5.74, 6) is 0.405. The summed E-state index contributed by atoms with van der Waals surface area (Å²) in [4.78, 5) is 20.0. The maximum Gasteiger partial charge on any atom is 0.254 e. The lowest BCUT2D eigenvalue weighted by Crippen LogP contribution is -2.42. The van der Waals surface area contributed by atoms with E-state index >= 15 is 0 Å². The average molecular weight is 314 g/mol. The van der Waals surface area contributed by atoms with E-state index < -0.39 is 0 Å². The number of amides is 1. The van der Waals surface area contributed by atoms with Gasteiger partial charge >= 0.3 is 0 Å². The van der Waals surface area contributed by atoms with Crippen molar-refractivity contribution in [3.8, 4) is 0 Å². The molecule has 3 rings (SSSR count). The van der Waals surface area contributed by atoms with Gasteiger partial charge in [-0.15, -0.1) is 0 Å².